The van der Waals surface area contributed by atoms with Crippen LogP contribution in [0.5, 0.6) is 0 Å². The van der Waals surface area contributed by atoms with Crippen LogP contribution in [0.25, 0.3) is 11.1 Å². The van der Waals surface area contributed by atoms with Gasteiger partial charge in [-0.3, -0.25) is 0 Å². The van der Waals surface area contributed by atoms with Gasteiger partial charge in [0.1, 0.15) is 17.5 Å². The average Bonchev–Trinajstić information content (AvgIpc) is 2.75. The fourth-order valence-electron chi connectivity index (χ4n) is 3.05. The lowest BCUT2D eigenvalue weighted by Crippen LogP contribution is -1.92. The summed E-state index contributed by atoms with van der Waals surface area (Å²) in [7, 11) is 0. The Morgan fingerprint density at radius 2 is 1.23 bits per heavy atom. The minimum Gasteiger partial charge on any atom is -0.206 e. The van der Waals surface area contributed by atoms with Gasteiger partial charge in [-0.25, -0.2) is 13.2 Å². The van der Waals surface area contributed by atoms with Crippen molar-refractivity contribution in [1.29, 1.82) is 0 Å². The van der Waals surface area contributed by atoms with E-state index >= 15 is 0 Å². The summed E-state index contributed by atoms with van der Waals surface area (Å²) in [5, 5.41) is 0. The first kappa shape index (κ1) is 21.3. The number of benzene rings is 3. The molecule has 0 aliphatic heterocycles. The fourth-order valence-corrected chi connectivity index (χ4v) is 3.05. The minimum absolute atomic E-state index is 0.0307. The van der Waals surface area contributed by atoms with Crippen molar-refractivity contribution < 1.29 is 13.2 Å². The van der Waals surface area contributed by atoms with E-state index in [4.69, 9.17) is 0 Å². The van der Waals surface area contributed by atoms with E-state index < -0.39 is 17.5 Å². The molecule has 0 heterocycles. The van der Waals surface area contributed by atoms with E-state index in [9.17, 15) is 13.2 Å². The SMILES string of the molecule is CC#Cc1cc(F)c(C#Cc2ccc(-c3ccc(CCCC)cc3)cc2F)cc1F. The highest BCUT2D eigenvalue weighted by molar-refractivity contribution is 5.65. The maximum atomic E-state index is 14.5. The van der Waals surface area contributed by atoms with Crippen LogP contribution in [0, 0.1) is 41.1 Å². The third kappa shape index (κ3) is 5.13. The molecule has 3 aromatic rings. The summed E-state index contributed by atoms with van der Waals surface area (Å²) in [6.45, 7) is 3.70. The van der Waals surface area contributed by atoms with Crippen LogP contribution < -0.4 is 0 Å². The Morgan fingerprint density at radius 3 is 1.83 bits per heavy atom. The molecule has 0 fully saturated rings. The average molecular weight is 402 g/mol. The molecule has 30 heavy (non-hydrogen) atoms. The maximum absolute atomic E-state index is 14.5. The highest BCUT2D eigenvalue weighted by atomic mass is 19.1. The zero-order chi connectivity index (χ0) is 21.5. The van der Waals surface area contributed by atoms with Gasteiger partial charge in [0.2, 0.25) is 0 Å². The van der Waals surface area contributed by atoms with Crippen molar-refractivity contribution in [2.75, 3.05) is 0 Å². The van der Waals surface area contributed by atoms with Crippen LogP contribution in [-0.4, -0.2) is 0 Å². The molecule has 150 valence electrons. The van der Waals surface area contributed by atoms with E-state index in [1.165, 1.54) is 18.6 Å². The van der Waals surface area contributed by atoms with Crippen LogP contribution in [0.2, 0.25) is 0 Å². The molecular formula is C27H21F3. The van der Waals surface area contributed by atoms with E-state index in [0.29, 0.717) is 0 Å². The molecule has 3 aromatic carbocycles. The minimum atomic E-state index is -0.693. The summed E-state index contributed by atoms with van der Waals surface area (Å²) in [5.74, 6) is 8.26. The van der Waals surface area contributed by atoms with E-state index in [2.05, 4.69) is 42.7 Å². The standard InChI is InChI=1S/C27H21F3/c1-3-5-7-19-8-10-20(11-9-19)22-14-12-21(25(28)16-22)13-15-24-18-26(29)23(6-4-2)17-27(24)30/h8-12,14,16-18H,3,5,7H2,1-2H3. The van der Waals surface area contributed by atoms with Crippen molar-refractivity contribution in [2.24, 2.45) is 0 Å². The van der Waals surface area contributed by atoms with Crippen molar-refractivity contribution in [3.8, 4) is 34.8 Å². The molecule has 0 N–H and O–H groups in total. The third-order valence-corrected chi connectivity index (χ3v) is 4.72. The first-order valence-electron chi connectivity index (χ1n) is 9.84. The fraction of sp³-hybridized carbons (Fsp3) is 0.185. The highest BCUT2D eigenvalue weighted by Crippen LogP contribution is 2.23. The third-order valence-electron chi connectivity index (χ3n) is 4.72. The van der Waals surface area contributed by atoms with Gasteiger partial charge < -0.3 is 0 Å². The highest BCUT2D eigenvalue weighted by Gasteiger charge is 2.08. The number of hydrogen-bond acceptors (Lipinski definition) is 0. The Morgan fingerprint density at radius 1 is 0.667 bits per heavy atom. The van der Waals surface area contributed by atoms with Gasteiger partial charge in [0.25, 0.3) is 0 Å². The van der Waals surface area contributed by atoms with E-state index in [-0.39, 0.29) is 16.7 Å². The van der Waals surface area contributed by atoms with Crippen molar-refractivity contribution in [2.45, 2.75) is 33.1 Å². The predicted octanol–water partition coefficient (Wildman–Crippen LogP) is 6.88. The summed E-state index contributed by atoms with van der Waals surface area (Å²) in [6, 6.07) is 14.8. The first-order valence-corrected chi connectivity index (χ1v) is 9.84. The van der Waals surface area contributed by atoms with Crippen molar-refractivity contribution in [3.63, 3.8) is 0 Å². The van der Waals surface area contributed by atoms with E-state index in [1.54, 1.807) is 12.1 Å². The van der Waals surface area contributed by atoms with Crippen molar-refractivity contribution >= 4 is 0 Å². The van der Waals surface area contributed by atoms with Gasteiger partial charge in [0, 0.05) is 0 Å². The summed E-state index contributed by atoms with van der Waals surface area (Å²) in [5.41, 5.74) is 2.86. The van der Waals surface area contributed by atoms with Crippen LogP contribution in [0.1, 0.15) is 48.9 Å². The lowest BCUT2D eigenvalue weighted by atomic mass is 10.0. The number of unbranched alkanes of at least 4 members (excludes halogenated alkanes) is 1. The molecule has 0 radical (unpaired) electrons. The molecule has 0 aromatic heterocycles. The molecule has 0 atom stereocenters. The molecular weight excluding hydrogens is 381 g/mol. The second kappa shape index (κ2) is 9.86. The Bertz CT molecular complexity index is 1170. The smallest absolute Gasteiger partial charge is 0.140 e. The number of rotatable bonds is 4. The zero-order valence-corrected chi connectivity index (χ0v) is 17.0. The monoisotopic (exact) mass is 402 g/mol. The van der Waals surface area contributed by atoms with Gasteiger partial charge in [-0.05, 0) is 60.7 Å². The van der Waals surface area contributed by atoms with E-state index in [1.807, 2.05) is 12.1 Å². The van der Waals surface area contributed by atoms with Gasteiger partial charge in [0.15, 0.2) is 0 Å². The zero-order valence-electron chi connectivity index (χ0n) is 17.0. The van der Waals surface area contributed by atoms with Gasteiger partial charge in [-0.15, -0.1) is 5.92 Å². The topological polar surface area (TPSA) is 0 Å². The quantitative estimate of drug-likeness (QED) is 0.417. The van der Waals surface area contributed by atoms with Gasteiger partial charge in [-0.1, -0.05) is 61.4 Å². The normalized spacial score (nSPS) is 10.0. The van der Waals surface area contributed by atoms with Crippen molar-refractivity contribution in [1.82, 2.24) is 0 Å². The molecule has 0 nitrogen and oxygen atoms in total. The van der Waals surface area contributed by atoms with Gasteiger partial charge in [0.05, 0.1) is 16.7 Å². The second-order valence-corrected chi connectivity index (χ2v) is 6.93. The molecule has 0 saturated heterocycles. The predicted molar refractivity (Wildman–Crippen MR) is 115 cm³/mol. The number of halogens is 3. The molecule has 0 bridgehead atoms. The Labute approximate surface area is 175 Å². The number of aryl methyl sites for hydroxylation is 1. The molecule has 0 aliphatic carbocycles. The van der Waals surface area contributed by atoms with Gasteiger partial charge >= 0.3 is 0 Å². The van der Waals surface area contributed by atoms with Crippen molar-refractivity contribution in [3.05, 3.63) is 94.3 Å². The molecule has 0 unspecified atom stereocenters. The molecule has 0 saturated carbocycles. The van der Waals surface area contributed by atoms with Crippen LogP contribution >= 0.6 is 0 Å². The molecule has 0 spiro atoms. The van der Waals surface area contributed by atoms with E-state index in [0.717, 1.165) is 42.5 Å². The van der Waals surface area contributed by atoms with Gasteiger partial charge in [-0.2, -0.15) is 0 Å². The Kier molecular flexibility index (Phi) is 6.99. The lowest BCUT2D eigenvalue weighted by molar-refractivity contribution is 0.594. The maximum Gasteiger partial charge on any atom is 0.140 e. The van der Waals surface area contributed by atoms with Crippen LogP contribution in [0.3, 0.4) is 0 Å². The van der Waals surface area contributed by atoms with Crippen LogP contribution in [0.15, 0.2) is 54.6 Å². The summed E-state index contributed by atoms with van der Waals surface area (Å²) in [6.07, 6.45) is 3.31. The largest absolute Gasteiger partial charge is 0.206 e. The number of hydrogen-bond donors (Lipinski definition) is 0. The first-order chi connectivity index (χ1) is 14.5. The summed E-state index contributed by atoms with van der Waals surface area (Å²) < 4.78 is 42.6. The summed E-state index contributed by atoms with van der Waals surface area (Å²) >= 11 is 0. The van der Waals surface area contributed by atoms with Crippen LogP contribution in [0.4, 0.5) is 13.2 Å². The summed E-state index contributed by atoms with van der Waals surface area (Å²) in [4.78, 5) is 0. The molecule has 3 heteroatoms. The Hall–Kier alpha value is -3.43. The molecule has 0 amide bonds. The van der Waals surface area contributed by atoms with Crippen LogP contribution in [-0.2, 0) is 6.42 Å². The molecule has 3 rings (SSSR count). The second-order valence-electron chi connectivity index (χ2n) is 6.93. The molecule has 0 aliphatic rings. The Balaban J connectivity index is 1.83. The lowest BCUT2D eigenvalue weighted by Gasteiger charge is -2.05.